The summed E-state index contributed by atoms with van der Waals surface area (Å²) in [5.74, 6) is -1.85. The average molecular weight is 372 g/mol. The molecule has 0 aliphatic rings. The Bertz CT molecular complexity index is 778. The van der Waals surface area contributed by atoms with Crippen LogP contribution in [0, 0.1) is 5.82 Å². The molecule has 0 bridgehead atoms. The number of nitrogens with zero attached hydrogens (tertiary/aromatic N) is 1. The molecule has 0 radical (unpaired) electrons. The molecule has 0 aliphatic carbocycles. The number of hydrogen-bond acceptors (Lipinski definition) is 4. The number of primary amides is 1. The molecule has 0 saturated carbocycles. The topological polar surface area (TPSA) is 89.7 Å². The van der Waals surface area contributed by atoms with Crippen LogP contribution in [0.1, 0.15) is 18.4 Å². The predicted octanol–water partition coefficient (Wildman–Crippen LogP) is 2.21. The largest absolute Gasteiger partial charge is 0.456 e. The van der Waals surface area contributed by atoms with E-state index in [0.717, 1.165) is 5.56 Å². The zero-order valence-electron chi connectivity index (χ0n) is 14.8. The molecule has 2 aromatic rings. The van der Waals surface area contributed by atoms with Crippen molar-refractivity contribution in [3.8, 4) is 0 Å². The minimum absolute atomic E-state index is 0.000846. The Hall–Kier alpha value is -3.22. The number of rotatable bonds is 9. The number of ether oxygens (including phenoxy) is 1. The molecule has 0 atom stereocenters. The molecular formula is C20H21FN2O4. The standard InChI is InChI=1S/C20H21FN2O4/c21-16-9-6-15(7-10-16)8-11-20(26)27-14-19(25)23(13-12-18(22)24)17-4-2-1-3-5-17/h1-7,9-10H,8,11-14H2,(H2,22,24). The average Bonchev–Trinajstić information content (AvgIpc) is 2.66. The Morgan fingerprint density at radius 1 is 0.963 bits per heavy atom. The summed E-state index contributed by atoms with van der Waals surface area (Å²) >= 11 is 0. The number of esters is 1. The molecule has 142 valence electrons. The summed E-state index contributed by atoms with van der Waals surface area (Å²) in [6.07, 6.45) is 0.460. The van der Waals surface area contributed by atoms with Crippen molar-refractivity contribution >= 4 is 23.5 Å². The molecule has 0 heterocycles. The van der Waals surface area contributed by atoms with Crippen LogP contribution >= 0.6 is 0 Å². The smallest absolute Gasteiger partial charge is 0.306 e. The van der Waals surface area contributed by atoms with Crippen molar-refractivity contribution in [2.75, 3.05) is 18.1 Å². The minimum atomic E-state index is -0.532. The molecule has 0 fully saturated rings. The number of para-hydroxylation sites is 1. The summed E-state index contributed by atoms with van der Waals surface area (Å²) in [7, 11) is 0. The van der Waals surface area contributed by atoms with Gasteiger partial charge in [0, 0.05) is 25.1 Å². The van der Waals surface area contributed by atoms with Gasteiger partial charge in [0.2, 0.25) is 5.91 Å². The number of carbonyl (C=O) groups is 3. The van der Waals surface area contributed by atoms with E-state index < -0.39 is 24.4 Å². The number of hydrogen-bond donors (Lipinski definition) is 1. The normalized spacial score (nSPS) is 10.3. The molecule has 2 N–H and O–H groups in total. The fraction of sp³-hybridized carbons (Fsp3) is 0.250. The van der Waals surface area contributed by atoms with Crippen LogP contribution in [-0.2, 0) is 25.5 Å². The number of amides is 2. The highest BCUT2D eigenvalue weighted by Gasteiger charge is 2.18. The first-order valence-corrected chi connectivity index (χ1v) is 8.49. The quantitative estimate of drug-likeness (QED) is 0.684. The van der Waals surface area contributed by atoms with Crippen molar-refractivity contribution in [1.29, 1.82) is 0 Å². The Balaban J connectivity index is 1.87. The summed E-state index contributed by atoms with van der Waals surface area (Å²) < 4.78 is 17.9. The predicted molar refractivity (Wildman–Crippen MR) is 98.3 cm³/mol. The van der Waals surface area contributed by atoms with Gasteiger partial charge in [0.1, 0.15) is 5.82 Å². The zero-order chi connectivity index (χ0) is 19.6. The molecule has 2 rings (SSSR count). The number of benzene rings is 2. The maximum atomic E-state index is 12.9. The second kappa shape index (κ2) is 10.1. The highest BCUT2D eigenvalue weighted by molar-refractivity contribution is 5.95. The van der Waals surface area contributed by atoms with E-state index in [9.17, 15) is 18.8 Å². The van der Waals surface area contributed by atoms with Gasteiger partial charge >= 0.3 is 5.97 Å². The van der Waals surface area contributed by atoms with Crippen molar-refractivity contribution in [3.05, 3.63) is 66.0 Å². The highest BCUT2D eigenvalue weighted by Crippen LogP contribution is 2.14. The van der Waals surface area contributed by atoms with Crippen LogP contribution in [0.5, 0.6) is 0 Å². The third kappa shape index (κ3) is 6.89. The van der Waals surface area contributed by atoms with Gasteiger partial charge in [-0.1, -0.05) is 30.3 Å². The lowest BCUT2D eigenvalue weighted by Gasteiger charge is -2.22. The van der Waals surface area contributed by atoms with E-state index in [4.69, 9.17) is 10.5 Å². The number of anilines is 1. The second-order valence-corrected chi connectivity index (χ2v) is 5.88. The maximum Gasteiger partial charge on any atom is 0.306 e. The van der Waals surface area contributed by atoms with Crippen LogP contribution in [0.2, 0.25) is 0 Å². The van der Waals surface area contributed by atoms with Crippen molar-refractivity contribution < 1.29 is 23.5 Å². The molecule has 6 nitrogen and oxygen atoms in total. The molecule has 2 aromatic carbocycles. The van der Waals surface area contributed by atoms with Gasteiger partial charge in [-0.05, 0) is 36.2 Å². The lowest BCUT2D eigenvalue weighted by atomic mass is 10.1. The Morgan fingerprint density at radius 3 is 2.26 bits per heavy atom. The molecule has 2 amide bonds. The van der Waals surface area contributed by atoms with E-state index >= 15 is 0 Å². The molecule has 7 heteroatoms. The lowest BCUT2D eigenvalue weighted by Crippen LogP contribution is -2.37. The van der Waals surface area contributed by atoms with Gasteiger partial charge in [-0.15, -0.1) is 0 Å². The van der Waals surface area contributed by atoms with E-state index in [1.54, 1.807) is 42.5 Å². The summed E-state index contributed by atoms with van der Waals surface area (Å²) in [4.78, 5) is 36.7. The van der Waals surface area contributed by atoms with E-state index in [1.807, 2.05) is 0 Å². The van der Waals surface area contributed by atoms with Gasteiger partial charge in [0.05, 0.1) is 0 Å². The van der Waals surface area contributed by atoms with Crippen LogP contribution in [0.25, 0.3) is 0 Å². The van der Waals surface area contributed by atoms with Crippen LogP contribution in [0.3, 0.4) is 0 Å². The first kappa shape index (κ1) is 20.1. The van der Waals surface area contributed by atoms with Crippen molar-refractivity contribution in [2.45, 2.75) is 19.3 Å². The first-order valence-electron chi connectivity index (χ1n) is 8.49. The van der Waals surface area contributed by atoms with Crippen LogP contribution < -0.4 is 10.6 Å². The molecule has 0 aromatic heterocycles. The van der Waals surface area contributed by atoms with E-state index in [0.29, 0.717) is 12.1 Å². The minimum Gasteiger partial charge on any atom is -0.456 e. The Labute approximate surface area is 156 Å². The van der Waals surface area contributed by atoms with Gasteiger partial charge in [-0.3, -0.25) is 14.4 Å². The lowest BCUT2D eigenvalue weighted by molar-refractivity contribution is -0.147. The van der Waals surface area contributed by atoms with Gasteiger partial charge < -0.3 is 15.4 Å². The third-order valence-electron chi connectivity index (χ3n) is 3.84. The highest BCUT2D eigenvalue weighted by atomic mass is 19.1. The van der Waals surface area contributed by atoms with Crippen LogP contribution in [0.4, 0.5) is 10.1 Å². The van der Waals surface area contributed by atoms with Gasteiger partial charge in [-0.2, -0.15) is 0 Å². The van der Waals surface area contributed by atoms with E-state index in [1.165, 1.54) is 17.0 Å². The number of carbonyl (C=O) groups excluding carboxylic acids is 3. The molecular weight excluding hydrogens is 351 g/mol. The van der Waals surface area contributed by atoms with Gasteiger partial charge in [0.25, 0.3) is 5.91 Å². The summed E-state index contributed by atoms with van der Waals surface area (Å²) in [6.45, 7) is -0.332. The second-order valence-electron chi connectivity index (χ2n) is 5.88. The zero-order valence-corrected chi connectivity index (χ0v) is 14.8. The van der Waals surface area contributed by atoms with Crippen LogP contribution in [0.15, 0.2) is 54.6 Å². The fourth-order valence-electron chi connectivity index (χ4n) is 2.42. The summed E-state index contributed by atoms with van der Waals surface area (Å²) in [5.41, 5.74) is 6.55. The molecule has 0 unspecified atom stereocenters. The monoisotopic (exact) mass is 372 g/mol. The summed E-state index contributed by atoms with van der Waals surface area (Å²) in [6, 6.07) is 14.6. The van der Waals surface area contributed by atoms with Crippen molar-refractivity contribution in [3.63, 3.8) is 0 Å². The molecule has 27 heavy (non-hydrogen) atoms. The van der Waals surface area contributed by atoms with Gasteiger partial charge in [-0.25, -0.2) is 4.39 Å². The SMILES string of the molecule is NC(=O)CCN(C(=O)COC(=O)CCc1ccc(F)cc1)c1ccccc1. The maximum absolute atomic E-state index is 12.9. The Kier molecular flexibility index (Phi) is 7.49. The van der Waals surface area contributed by atoms with Gasteiger partial charge in [0.15, 0.2) is 6.61 Å². The fourth-order valence-corrected chi connectivity index (χ4v) is 2.42. The molecule has 0 aliphatic heterocycles. The third-order valence-corrected chi connectivity index (χ3v) is 3.84. The van der Waals surface area contributed by atoms with E-state index in [-0.39, 0.29) is 25.2 Å². The number of halogens is 1. The Morgan fingerprint density at radius 2 is 1.63 bits per heavy atom. The number of aryl methyl sites for hydroxylation is 1. The molecule has 0 saturated heterocycles. The van der Waals surface area contributed by atoms with Crippen molar-refractivity contribution in [2.24, 2.45) is 5.73 Å². The van der Waals surface area contributed by atoms with Crippen molar-refractivity contribution in [1.82, 2.24) is 0 Å². The molecule has 0 spiro atoms. The van der Waals surface area contributed by atoms with E-state index in [2.05, 4.69) is 0 Å². The number of nitrogens with two attached hydrogens (primary N) is 1. The van der Waals surface area contributed by atoms with Crippen LogP contribution in [-0.4, -0.2) is 30.9 Å². The first-order chi connectivity index (χ1) is 13.0. The summed E-state index contributed by atoms with van der Waals surface area (Å²) in [5, 5.41) is 0.